The molecule has 0 aromatic rings. The highest BCUT2D eigenvalue weighted by Crippen LogP contribution is 2.06. The lowest BCUT2D eigenvalue weighted by Crippen LogP contribution is -2.58. The molecule has 10 nitrogen and oxygen atoms in total. The van der Waals surface area contributed by atoms with E-state index < -0.39 is 47.9 Å². The van der Waals surface area contributed by atoms with Crippen molar-refractivity contribution in [1.29, 1.82) is 0 Å². The van der Waals surface area contributed by atoms with Crippen molar-refractivity contribution in [3.8, 4) is 0 Å². The van der Waals surface area contributed by atoms with Crippen LogP contribution in [-0.4, -0.2) is 58.1 Å². The minimum Gasteiger partial charge on any atom is -0.480 e. The quantitative estimate of drug-likeness (QED) is 0.247. The van der Waals surface area contributed by atoms with Crippen LogP contribution in [0.15, 0.2) is 0 Å². The molecular weight excluding hydrogens is 332 g/mol. The summed E-state index contributed by atoms with van der Waals surface area (Å²) < 4.78 is 0. The Hall–Kier alpha value is -2.20. The number of carboxylic acids is 1. The van der Waals surface area contributed by atoms with E-state index in [4.69, 9.17) is 16.6 Å². The van der Waals surface area contributed by atoms with Gasteiger partial charge in [0.2, 0.25) is 17.7 Å². The molecule has 0 aliphatic rings. The molecule has 3 amide bonds. The highest BCUT2D eigenvalue weighted by Gasteiger charge is 2.31. The van der Waals surface area contributed by atoms with E-state index in [1.165, 1.54) is 6.92 Å². The van der Waals surface area contributed by atoms with Crippen molar-refractivity contribution in [2.75, 3.05) is 0 Å². The summed E-state index contributed by atoms with van der Waals surface area (Å²) in [5, 5.41) is 23.4. The van der Waals surface area contributed by atoms with Crippen molar-refractivity contribution in [3.63, 3.8) is 0 Å². The lowest BCUT2D eigenvalue weighted by Gasteiger charge is -2.25. The van der Waals surface area contributed by atoms with Gasteiger partial charge in [-0.25, -0.2) is 4.79 Å². The molecule has 0 aromatic carbocycles. The monoisotopic (exact) mass is 360 g/mol. The van der Waals surface area contributed by atoms with Gasteiger partial charge in [-0.2, -0.15) is 0 Å². The number of nitrogens with one attached hydrogen (secondary N) is 2. The fraction of sp³-hybridized carbons (Fsp3) is 0.733. The van der Waals surface area contributed by atoms with Crippen molar-refractivity contribution in [3.05, 3.63) is 0 Å². The number of aliphatic hydroxyl groups excluding tert-OH is 1. The van der Waals surface area contributed by atoms with Crippen LogP contribution in [0.25, 0.3) is 0 Å². The zero-order valence-electron chi connectivity index (χ0n) is 14.7. The second-order valence-electron chi connectivity index (χ2n) is 6.37. The van der Waals surface area contributed by atoms with Gasteiger partial charge in [0.15, 0.2) is 0 Å². The van der Waals surface area contributed by atoms with E-state index in [1.54, 1.807) is 13.8 Å². The molecule has 0 saturated carbocycles. The van der Waals surface area contributed by atoms with E-state index in [2.05, 4.69) is 10.6 Å². The van der Waals surface area contributed by atoms with Crippen LogP contribution in [0.1, 0.15) is 40.0 Å². The first kappa shape index (κ1) is 22.8. The van der Waals surface area contributed by atoms with Gasteiger partial charge in [0, 0.05) is 6.42 Å². The molecule has 10 heteroatoms. The van der Waals surface area contributed by atoms with E-state index in [9.17, 15) is 24.3 Å². The van der Waals surface area contributed by atoms with Crippen LogP contribution in [0.3, 0.4) is 0 Å². The fourth-order valence-corrected chi connectivity index (χ4v) is 2.05. The van der Waals surface area contributed by atoms with Gasteiger partial charge in [-0.3, -0.25) is 14.4 Å². The average Bonchev–Trinajstić information content (AvgIpc) is 2.47. The first-order chi connectivity index (χ1) is 11.5. The van der Waals surface area contributed by atoms with E-state index in [0.29, 0.717) is 0 Å². The van der Waals surface area contributed by atoms with Crippen LogP contribution in [0.2, 0.25) is 0 Å². The zero-order chi connectivity index (χ0) is 19.7. The van der Waals surface area contributed by atoms with Crippen molar-refractivity contribution in [2.45, 2.75) is 64.3 Å². The molecule has 4 unspecified atom stereocenters. The summed E-state index contributed by atoms with van der Waals surface area (Å²) in [5.41, 5.74) is 10.6. The number of hydrogen-bond acceptors (Lipinski definition) is 6. The third-order valence-corrected chi connectivity index (χ3v) is 3.42. The molecule has 0 radical (unpaired) electrons. The molecule has 0 spiro atoms. The molecule has 0 bridgehead atoms. The van der Waals surface area contributed by atoms with Gasteiger partial charge >= 0.3 is 5.97 Å². The summed E-state index contributed by atoms with van der Waals surface area (Å²) in [5.74, 6) is -3.40. The maximum atomic E-state index is 12.2. The molecule has 4 atom stereocenters. The average molecular weight is 360 g/mol. The van der Waals surface area contributed by atoms with Gasteiger partial charge in [-0.05, 0) is 25.7 Å². The lowest BCUT2D eigenvalue weighted by molar-refractivity contribution is -0.143. The van der Waals surface area contributed by atoms with Crippen molar-refractivity contribution in [1.82, 2.24) is 10.6 Å². The van der Waals surface area contributed by atoms with Crippen LogP contribution in [0.5, 0.6) is 0 Å². The van der Waals surface area contributed by atoms with Gasteiger partial charge in [0.25, 0.3) is 0 Å². The van der Waals surface area contributed by atoms with Gasteiger partial charge < -0.3 is 32.3 Å². The Balaban J connectivity index is 4.91. The molecule has 8 N–H and O–H groups in total. The van der Waals surface area contributed by atoms with Gasteiger partial charge in [0.1, 0.15) is 12.1 Å². The predicted octanol–water partition coefficient (Wildman–Crippen LogP) is -1.94. The normalized spacial score (nSPS) is 15.8. The van der Waals surface area contributed by atoms with Gasteiger partial charge in [0.05, 0.1) is 12.1 Å². The van der Waals surface area contributed by atoms with Gasteiger partial charge in [-0.1, -0.05) is 13.8 Å². The highest BCUT2D eigenvalue weighted by molar-refractivity contribution is 5.92. The molecule has 25 heavy (non-hydrogen) atoms. The highest BCUT2D eigenvalue weighted by atomic mass is 16.4. The number of aliphatic hydroxyl groups is 1. The first-order valence-corrected chi connectivity index (χ1v) is 8.01. The number of carboxylic acid groups (broad SMARTS) is 1. The van der Waals surface area contributed by atoms with Crippen molar-refractivity contribution >= 4 is 23.7 Å². The Morgan fingerprint density at radius 2 is 1.60 bits per heavy atom. The molecule has 0 fully saturated rings. The van der Waals surface area contributed by atoms with Crippen LogP contribution in [0.4, 0.5) is 0 Å². The summed E-state index contributed by atoms with van der Waals surface area (Å²) in [6.07, 6.45) is -1.20. The molecule has 0 saturated heterocycles. The summed E-state index contributed by atoms with van der Waals surface area (Å²) in [7, 11) is 0. The zero-order valence-corrected chi connectivity index (χ0v) is 14.7. The molecular formula is C15H28N4O6. The third-order valence-electron chi connectivity index (χ3n) is 3.42. The number of primary amides is 1. The molecule has 144 valence electrons. The second kappa shape index (κ2) is 10.6. The van der Waals surface area contributed by atoms with Gasteiger partial charge in [-0.15, -0.1) is 0 Å². The van der Waals surface area contributed by atoms with E-state index >= 15 is 0 Å². The Bertz CT molecular complexity index is 494. The number of rotatable bonds is 11. The standard InChI is InChI=1S/C15H28N4O6/c1-7(2)6-10(15(24)25)18-14(23)12(8(3)20)19-13(22)9(16)4-5-11(17)21/h7-10,12,20H,4-6,16H2,1-3H3,(H2,17,21)(H,18,23)(H,19,22)(H,24,25). The van der Waals surface area contributed by atoms with Crippen molar-refractivity contribution in [2.24, 2.45) is 17.4 Å². The summed E-state index contributed by atoms with van der Waals surface area (Å²) >= 11 is 0. The number of amides is 3. The molecule has 0 aromatic heterocycles. The maximum Gasteiger partial charge on any atom is 0.326 e. The molecule has 0 aliphatic carbocycles. The Labute approximate surface area is 146 Å². The predicted molar refractivity (Wildman–Crippen MR) is 89.0 cm³/mol. The van der Waals surface area contributed by atoms with Crippen LogP contribution in [-0.2, 0) is 19.2 Å². The fourth-order valence-electron chi connectivity index (χ4n) is 2.05. The first-order valence-electron chi connectivity index (χ1n) is 8.01. The number of aliphatic carboxylic acids is 1. The summed E-state index contributed by atoms with van der Waals surface area (Å²) in [6.45, 7) is 4.87. The minimum atomic E-state index is -1.37. The lowest BCUT2D eigenvalue weighted by atomic mass is 10.0. The number of carbonyl (C=O) groups excluding carboxylic acids is 3. The third kappa shape index (κ3) is 9.01. The molecule has 0 rings (SSSR count). The van der Waals surface area contributed by atoms with Crippen LogP contribution in [0, 0.1) is 5.92 Å². The smallest absolute Gasteiger partial charge is 0.326 e. The van der Waals surface area contributed by atoms with Crippen LogP contribution < -0.4 is 22.1 Å². The number of hydrogen-bond donors (Lipinski definition) is 6. The second-order valence-corrected chi connectivity index (χ2v) is 6.37. The molecule has 0 heterocycles. The van der Waals surface area contributed by atoms with Crippen molar-refractivity contribution < 1.29 is 29.4 Å². The maximum absolute atomic E-state index is 12.2. The summed E-state index contributed by atoms with van der Waals surface area (Å²) in [4.78, 5) is 46.1. The number of carbonyl (C=O) groups is 4. The number of nitrogens with two attached hydrogens (primary N) is 2. The largest absolute Gasteiger partial charge is 0.480 e. The SMILES string of the molecule is CC(C)CC(NC(=O)C(NC(=O)C(N)CCC(N)=O)C(C)O)C(=O)O. The van der Waals surface area contributed by atoms with E-state index in [-0.39, 0.29) is 25.2 Å². The topological polar surface area (TPSA) is 185 Å². The summed E-state index contributed by atoms with van der Waals surface area (Å²) in [6, 6.07) is -3.61. The Morgan fingerprint density at radius 1 is 1.04 bits per heavy atom. The minimum absolute atomic E-state index is 0.0135. The Morgan fingerprint density at radius 3 is 2.00 bits per heavy atom. The molecule has 0 aliphatic heterocycles. The van der Waals surface area contributed by atoms with E-state index in [0.717, 1.165) is 0 Å². The van der Waals surface area contributed by atoms with E-state index in [1.807, 2.05) is 0 Å². The Kier molecular flexibility index (Phi) is 9.69. The van der Waals surface area contributed by atoms with Crippen LogP contribution >= 0.6 is 0 Å².